The third-order valence-corrected chi connectivity index (χ3v) is 15.0. The van der Waals surface area contributed by atoms with Gasteiger partial charge < -0.3 is 9.13 Å². The van der Waals surface area contributed by atoms with Crippen molar-refractivity contribution < 1.29 is 13.2 Å². The van der Waals surface area contributed by atoms with Crippen LogP contribution in [0.15, 0.2) is 182 Å². The summed E-state index contributed by atoms with van der Waals surface area (Å²) in [5, 5.41) is 16.0. The van der Waals surface area contributed by atoms with Gasteiger partial charge in [0.05, 0.1) is 39.0 Å². The first-order valence-electron chi connectivity index (χ1n) is 25.8. The molecule has 0 fully saturated rings. The zero-order chi connectivity index (χ0) is 52.9. The van der Waals surface area contributed by atoms with Gasteiger partial charge in [0.1, 0.15) is 11.6 Å². The molecule has 0 bridgehead atoms. The van der Waals surface area contributed by atoms with E-state index in [-0.39, 0.29) is 16.7 Å². The minimum Gasteiger partial charge on any atom is -0.308 e. The molecule has 76 heavy (non-hydrogen) atoms. The molecule has 0 unspecified atom stereocenters. The summed E-state index contributed by atoms with van der Waals surface area (Å²) in [5.41, 5.74) is 21.0. The summed E-state index contributed by atoms with van der Waals surface area (Å²) in [6.45, 7) is 16.7. The molecule has 2 aromatic heterocycles. The van der Waals surface area contributed by atoms with Gasteiger partial charge in [-0.2, -0.15) is 18.4 Å². The number of nitriles is 1. The number of nitrogens with zero attached hydrogens (tertiary/aromatic N) is 3. The van der Waals surface area contributed by atoms with Crippen molar-refractivity contribution >= 4 is 43.6 Å². The van der Waals surface area contributed by atoms with E-state index in [9.17, 15) is 5.26 Å². The van der Waals surface area contributed by atoms with Crippen LogP contribution in [0.25, 0.3) is 111 Å². The fourth-order valence-electron chi connectivity index (χ4n) is 12.1. The fourth-order valence-corrected chi connectivity index (χ4v) is 12.1. The maximum absolute atomic E-state index is 15.5. The number of benzene rings is 10. The molecule has 6 heteroatoms. The molecule has 0 amide bonds. The summed E-state index contributed by atoms with van der Waals surface area (Å²) in [6.07, 6.45) is -4.70. The average molecular weight is 994 g/mol. The van der Waals surface area contributed by atoms with E-state index in [1.165, 1.54) is 12.1 Å². The molecule has 0 spiro atoms. The molecule has 0 atom stereocenters. The summed E-state index contributed by atoms with van der Waals surface area (Å²) >= 11 is 0. The van der Waals surface area contributed by atoms with Crippen LogP contribution in [0.3, 0.4) is 0 Å². The van der Waals surface area contributed by atoms with Crippen molar-refractivity contribution in [3.63, 3.8) is 0 Å². The summed E-state index contributed by atoms with van der Waals surface area (Å²) in [7, 11) is 0. The maximum atomic E-state index is 15.5. The maximum Gasteiger partial charge on any atom is 0.417 e. The predicted molar refractivity (Wildman–Crippen MR) is 310 cm³/mol. The minimum atomic E-state index is -4.70. The Kier molecular flexibility index (Phi) is 11.5. The van der Waals surface area contributed by atoms with E-state index in [2.05, 4.69) is 216 Å². The van der Waals surface area contributed by atoms with Crippen LogP contribution >= 0.6 is 0 Å². The Bertz CT molecular complexity index is 4140. The number of halogens is 3. The van der Waals surface area contributed by atoms with Crippen molar-refractivity contribution in [3.05, 3.63) is 238 Å². The van der Waals surface area contributed by atoms with Gasteiger partial charge in [-0.05, 0) is 142 Å². The highest BCUT2D eigenvalue weighted by molar-refractivity contribution is 6.14. The molecule has 0 radical (unpaired) electrons. The van der Waals surface area contributed by atoms with Crippen molar-refractivity contribution in [1.82, 2.24) is 9.13 Å². The highest BCUT2D eigenvalue weighted by Gasteiger charge is 2.35. The van der Waals surface area contributed by atoms with Gasteiger partial charge in [-0.3, -0.25) is 0 Å². The normalized spacial score (nSPS) is 11.9. The number of rotatable bonds is 7. The van der Waals surface area contributed by atoms with E-state index in [1.54, 1.807) is 12.1 Å². The van der Waals surface area contributed by atoms with Gasteiger partial charge in [0.2, 0.25) is 0 Å². The van der Waals surface area contributed by atoms with E-state index < -0.39 is 11.7 Å². The lowest BCUT2D eigenvalue weighted by molar-refractivity contribution is -0.137. The van der Waals surface area contributed by atoms with Crippen molar-refractivity contribution in [1.29, 1.82) is 5.26 Å². The quantitative estimate of drug-likeness (QED) is 0.157. The first kappa shape index (κ1) is 48.0. The van der Waals surface area contributed by atoms with Crippen LogP contribution in [0.5, 0.6) is 0 Å². The number of hydrogen-bond donors (Lipinski definition) is 0. The van der Waals surface area contributed by atoms with Crippen LogP contribution in [-0.2, 0) is 6.18 Å². The first-order valence-corrected chi connectivity index (χ1v) is 25.8. The van der Waals surface area contributed by atoms with E-state index in [4.69, 9.17) is 0 Å². The Hall–Kier alpha value is -8.92. The van der Waals surface area contributed by atoms with Gasteiger partial charge in [0, 0.05) is 27.1 Å². The van der Waals surface area contributed by atoms with E-state index in [0.29, 0.717) is 11.4 Å². The first-order chi connectivity index (χ1) is 36.5. The van der Waals surface area contributed by atoms with E-state index in [0.717, 1.165) is 139 Å². The highest BCUT2D eigenvalue weighted by atomic mass is 19.4. The van der Waals surface area contributed by atoms with Gasteiger partial charge in [0.25, 0.3) is 0 Å². The molecule has 3 nitrogen and oxygen atoms in total. The van der Waals surface area contributed by atoms with Gasteiger partial charge in [0.15, 0.2) is 0 Å². The molecular formula is C70H54F3N3. The highest BCUT2D eigenvalue weighted by Crippen LogP contribution is 2.47. The fraction of sp³-hybridized carbons (Fsp3) is 0.129. The predicted octanol–water partition coefficient (Wildman–Crippen LogP) is 19.6. The Labute approximate surface area is 441 Å². The lowest BCUT2D eigenvalue weighted by Gasteiger charge is -2.22. The van der Waals surface area contributed by atoms with E-state index >= 15 is 13.2 Å². The molecule has 0 aliphatic carbocycles. The van der Waals surface area contributed by atoms with Crippen LogP contribution < -0.4 is 0 Å². The zero-order valence-electron chi connectivity index (χ0n) is 43.8. The molecule has 10 aromatic carbocycles. The smallest absolute Gasteiger partial charge is 0.308 e. The second kappa shape index (κ2) is 18.2. The minimum absolute atomic E-state index is 0.0181. The number of alkyl halides is 3. The largest absolute Gasteiger partial charge is 0.417 e. The molecule has 12 rings (SSSR count). The van der Waals surface area contributed by atoms with Crippen molar-refractivity contribution in [2.75, 3.05) is 0 Å². The Morgan fingerprint density at radius 1 is 0.342 bits per heavy atom. The molecular weight excluding hydrogens is 940 g/mol. The standard InChI is InChI=1S/C70H54F3N3/c1-40-23-41(2)28-52(27-40)48-13-17-57-58-18-14-49(53-29-42(3)24-43(4)30-53)36-66(58)75(65(57)35-48)64-22-21-61(56-11-9-10-12-63(56)70(71,72)73)69(62(64)39-74)76-67-37-50(54-31-44(5)25-45(6)32-54)15-19-59(67)60-20-16-51(38-68(60)76)55-33-46(7)26-47(8)34-55/h9-38H,1-8H3. The van der Waals surface area contributed by atoms with Crippen LogP contribution in [0, 0.1) is 66.7 Å². The molecule has 0 aliphatic heterocycles. The summed E-state index contributed by atoms with van der Waals surface area (Å²) in [5.74, 6) is 0. The lowest BCUT2D eigenvalue weighted by Crippen LogP contribution is -2.10. The van der Waals surface area contributed by atoms with Gasteiger partial charge in [-0.1, -0.05) is 190 Å². The van der Waals surface area contributed by atoms with Gasteiger partial charge in [-0.25, -0.2) is 0 Å². The number of aromatic nitrogens is 2. The van der Waals surface area contributed by atoms with E-state index in [1.807, 2.05) is 6.07 Å². The average Bonchev–Trinajstić information content (AvgIpc) is 4.03. The molecule has 12 aromatic rings. The molecule has 0 N–H and O–H groups in total. The molecule has 2 heterocycles. The van der Waals surface area contributed by atoms with Crippen LogP contribution in [0.1, 0.15) is 55.6 Å². The summed E-state index contributed by atoms with van der Waals surface area (Å²) < 4.78 is 50.9. The third-order valence-electron chi connectivity index (χ3n) is 15.0. The number of fused-ring (bicyclic) bond motifs is 6. The van der Waals surface area contributed by atoms with Crippen molar-refractivity contribution in [3.8, 4) is 73.1 Å². The second-order valence-electron chi connectivity index (χ2n) is 21.1. The van der Waals surface area contributed by atoms with Crippen LogP contribution in [-0.4, -0.2) is 9.13 Å². The van der Waals surface area contributed by atoms with Crippen molar-refractivity contribution in [2.24, 2.45) is 0 Å². The monoisotopic (exact) mass is 993 g/mol. The topological polar surface area (TPSA) is 33.6 Å². The van der Waals surface area contributed by atoms with Gasteiger partial charge >= 0.3 is 6.18 Å². The Morgan fingerprint density at radius 2 is 0.671 bits per heavy atom. The molecule has 0 saturated heterocycles. The Morgan fingerprint density at radius 3 is 1.00 bits per heavy atom. The zero-order valence-corrected chi connectivity index (χ0v) is 43.8. The van der Waals surface area contributed by atoms with Crippen LogP contribution in [0.4, 0.5) is 13.2 Å². The molecule has 370 valence electrons. The number of aryl methyl sites for hydroxylation is 8. The third kappa shape index (κ3) is 8.33. The van der Waals surface area contributed by atoms with Crippen molar-refractivity contribution in [2.45, 2.75) is 61.6 Å². The van der Waals surface area contributed by atoms with Gasteiger partial charge in [-0.15, -0.1) is 0 Å². The Balaban J connectivity index is 1.26. The SMILES string of the molecule is Cc1cc(C)cc(-c2ccc3c4ccc(-c5cc(C)cc(C)c5)cc4n(-c4ccc(-c5ccccc5C(F)(F)F)c(-n5c6cc(-c7cc(C)cc(C)c7)ccc6c6ccc(-c7cc(C)cc(C)c7)cc65)c4C#N)c3c2)c1. The lowest BCUT2D eigenvalue weighted by atomic mass is 9.94. The molecule has 0 saturated carbocycles. The van der Waals surface area contributed by atoms with Crippen LogP contribution in [0.2, 0.25) is 0 Å². The second-order valence-corrected chi connectivity index (χ2v) is 21.1. The number of hydrogen-bond acceptors (Lipinski definition) is 1. The summed E-state index contributed by atoms with van der Waals surface area (Å²) in [6, 6.07) is 63.9. The molecule has 0 aliphatic rings. The summed E-state index contributed by atoms with van der Waals surface area (Å²) in [4.78, 5) is 0.